The minimum atomic E-state index is -0.490. The van der Waals surface area contributed by atoms with Gasteiger partial charge in [0.25, 0.3) is 0 Å². The molecule has 0 saturated carbocycles. The molecule has 4 rings (SSSR count). The summed E-state index contributed by atoms with van der Waals surface area (Å²) in [6, 6.07) is 9.09. The molecule has 26 heavy (non-hydrogen) atoms. The summed E-state index contributed by atoms with van der Waals surface area (Å²) in [6.07, 6.45) is 5.58. The normalized spacial score (nSPS) is 19.9. The van der Waals surface area contributed by atoms with E-state index in [9.17, 15) is 4.79 Å². The second-order valence-electron chi connectivity index (χ2n) is 6.73. The Kier molecular flexibility index (Phi) is 4.71. The first-order chi connectivity index (χ1) is 12.7. The predicted molar refractivity (Wildman–Crippen MR) is 99.9 cm³/mol. The summed E-state index contributed by atoms with van der Waals surface area (Å²) < 4.78 is 4.62. The molecule has 0 bridgehead atoms. The van der Waals surface area contributed by atoms with Gasteiger partial charge in [-0.2, -0.15) is 0 Å². The Morgan fingerprint density at radius 2 is 2.00 bits per heavy atom. The fraction of sp³-hybridized carbons (Fsp3) is 0.421. The number of piperazine rings is 1. The van der Waals surface area contributed by atoms with Crippen LogP contribution in [-0.2, 0) is 4.74 Å². The van der Waals surface area contributed by atoms with Gasteiger partial charge in [-0.25, -0.2) is 14.8 Å². The Morgan fingerprint density at radius 3 is 2.73 bits per heavy atom. The number of anilines is 3. The first kappa shape index (κ1) is 16.8. The Hall–Kier alpha value is -2.67. The van der Waals surface area contributed by atoms with Gasteiger partial charge in [0, 0.05) is 37.1 Å². The third-order valence-electron chi connectivity index (χ3n) is 5.14. The van der Waals surface area contributed by atoms with E-state index < -0.39 is 5.97 Å². The average Bonchev–Trinajstić information content (AvgIpc) is 3.16. The first-order valence-electron chi connectivity index (χ1n) is 8.99. The van der Waals surface area contributed by atoms with Crippen LogP contribution < -0.4 is 10.2 Å². The number of aromatic nitrogens is 2. The smallest absolute Gasteiger partial charge is 0.358 e. The molecule has 3 heterocycles. The van der Waals surface area contributed by atoms with Crippen molar-refractivity contribution in [2.24, 2.45) is 0 Å². The number of hydrogen-bond donors (Lipinski definition) is 1. The molecular weight excluding hydrogens is 330 g/mol. The Bertz CT molecular complexity index is 763. The SMILES string of the molecule is COC(=O)c1cnc(Nc2ccc(N3CCN4CCCC4C3)cc2)cn1. The number of esters is 1. The van der Waals surface area contributed by atoms with Crippen molar-refractivity contribution in [3.8, 4) is 0 Å². The molecule has 1 aromatic carbocycles. The monoisotopic (exact) mass is 353 g/mol. The van der Waals surface area contributed by atoms with Crippen LogP contribution in [0.1, 0.15) is 23.3 Å². The van der Waals surface area contributed by atoms with Gasteiger partial charge in [-0.3, -0.25) is 4.90 Å². The number of carbonyl (C=O) groups is 1. The molecule has 2 aromatic rings. The summed E-state index contributed by atoms with van der Waals surface area (Å²) in [4.78, 5) is 24.7. The van der Waals surface area contributed by atoms with E-state index >= 15 is 0 Å². The number of rotatable bonds is 4. The van der Waals surface area contributed by atoms with E-state index in [2.05, 4.69) is 42.0 Å². The maximum atomic E-state index is 11.4. The van der Waals surface area contributed by atoms with E-state index in [-0.39, 0.29) is 5.69 Å². The lowest BCUT2D eigenvalue weighted by molar-refractivity contribution is 0.0593. The molecule has 7 nitrogen and oxygen atoms in total. The van der Waals surface area contributed by atoms with Gasteiger partial charge in [0.1, 0.15) is 5.82 Å². The number of nitrogens with zero attached hydrogens (tertiary/aromatic N) is 4. The lowest BCUT2D eigenvalue weighted by Crippen LogP contribution is -2.50. The van der Waals surface area contributed by atoms with Crippen LogP contribution in [0.2, 0.25) is 0 Å². The summed E-state index contributed by atoms with van der Waals surface area (Å²) in [5.74, 6) is 0.0979. The number of ether oxygens (including phenoxy) is 1. The van der Waals surface area contributed by atoms with Gasteiger partial charge in [0.2, 0.25) is 0 Å². The number of benzene rings is 1. The molecule has 2 aliphatic rings. The van der Waals surface area contributed by atoms with Crippen LogP contribution in [0, 0.1) is 0 Å². The maximum Gasteiger partial charge on any atom is 0.358 e. The highest BCUT2D eigenvalue weighted by molar-refractivity contribution is 5.86. The summed E-state index contributed by atoms with van der Waals surface area (Å²) >= 11 is 0. The van der Waals surface area contributed by atoms with Crippen molar-refractivity contribution in [3.63, 3.8) is 0 Å². The minimum absolute atomic E-state index is 0.194. The van der Waals surface area contributed by atoms with Crippen LogP contribution in [0.3, 0.4) is 0 Å². The van der Waals surface area contributed by atoms with Crippen LogP contribution in [-0.4, -0.2) is 60.2 Å². The first-order valence-corrected chi connectivity index (χ1v) is 8.99. The van der Waals surface area contributed by atoms with Crippen LogP contribution in [0.5, 0.6) is 0 Å². The van der Waals surface area contributed by atoms with Crippen molar-refractivity contribution in [1.29, 1.82) is 0 Å². The van der Waals surface area contributed by atoms with E-state index in [0.717, 1.165) is 25.3 Å². The molecule has 1 unspecified atom stereocenters. The second-order valence-corrected chi connectivity index (χ2v) is 6.73. The van der Waals surface area contributed by atoms with E-state index in [1.807, 2.05) is 12.1 Å². The van der Waals surface area contributed by atoms with Crippen molar-refractivity contribution < 1.29 is 9.53 Å². The number of methoxy groups -OCH3 is 1. The molecule has 0 aliphatic carbocycles. The highest BCUT2D eigenvalue weighted by atomic mass is 16.5. The zero-order chi connectivity index (χ0) is 17.9. The predicted octanol–water partition coefficient (Wildman–Crippen LogP) is 2.29. The van der Waals surface area contributed by atoms with Crippen LogP contribution >= 0.6 is 0 Å². The number of nitrogens with one attached hydrogen (secondary N) is 1. The van der Waals surface area contributed by atoms with E-state index in [1.54, 1.807) is 0 Å². The Labute approximate surface area is 153 Å². The van der Waals surface area contributed by atoms with Crippen molar-refractivity contribution in [2.45, 2.75) is 18.9 Å². The number of fused-ring (bicyclic) bond motifs is 1. The molecule has 136 valence electrons. The van der Waals surface area contributed by atoms with Crippen molar-refractivity contribution in [1.82, 2.24) is 14.9 Å². The summed E-state index contributed by atoms with van der Waals surface area (Å²) in [5.41, 5.74) is 2.39. The third kappa shape index (κ3) is 3.48. The van der Waals surface area contributed by atoms with Crippen LogP contribution in [0.25, 0.3) is 0 Å². The third-order valence-corrected chi connectivity index (χ3v) is 5.14. The number of hydrogen-bond acceptors (Lipinski definition) is 7. The lowest BCUT2D eigenvalue weighted by Gasteiger charge is -2.38. The lowest BCUT2D eigenvalue weighted by atomic mass is 10.1. The van der Waals surface area contributed by atoms with Crippen molar-refractivity contribution in [3.05, 3.63) is 42.4 Å². The molecule has 2 aliphatic heterocycles. The van der Waals surface area contributed by atoms with Crippen molar-refractivity contribution in [2.75, 3.05) is 43.5 Å². The van der Waals surface area contributed by atoms with Crippen molar-refractivity contribution >= 4 is 23.2 Å². The Morgan fingerprint density at radius 1 is 1.15 bits per heavy atom. The molecule has 2 saturated heterocycles. The molecule has 2 fully saturated rings. The molecule has 0 amide bonds. The maximum absolute atomic E-state index is 11.4. The standard InChI is InChI=1S/C19H23N5O2/c1-26-19(25)17-11-21-18(12-20-17)22-14-4-6-15(7-5-14)24-10-9-23-8-2-3-16(23)13-24/h4-7,11-12,16H,2-3,8-10,13H2,1H3,(H,21,22). The van der Waals surface area contributed by atoms with E-state index in [4.69, 9.17) is 0 Å². The fourth-order valence-corrected chi connectivity index (χ4v) is 3.73. The molecule has 1 N–H and O–H groups in total. The topological polar surface area (TPSA) is 70.6 Å². The van der Waals surface area contributed by atoms with Gasteiger partial charge >= 0.3 is 5.97 Å². The van der Waals surface area contributed by atoms with Gasteiger partial charge < -0.3 is 15.0 Å². The molecule has 0 spiro atoms. The van der Waals surface area contributed by atoms with Crippen LogP contribution in [0.4, 0.5) is 17.2 Å². The largest absolute Gasteiger partial charge is 0.464 e. The zero-order valence-electron chi connectivity index (χ0n) is 14.9. The van der Waals surface area contributed by atoms with Crippen LogP contribution in [0.15, 0.2) is 36.7 Å². The van der Waals surface area contributed by atoms with Gasteiger partial charge in [-0.15, -0.1) is 0 Å². The van der Waals surface area contributed by atoms with E-state index in [1.165, 1.54) is 44.6 Å². The molecule has 1 aromatic heterocycles. The highest BCUT2D eigenvalue weighted by Crippen LogP contribution is 2.26. The van der Waals surface area contributed by atoms with E-state index in [0.29, 0.717) is 11.9 Å². The second kappa shape index (κ2) is 7.29. The number of carbonyl (C=O) groups excluding carboxylic acids is 1. The quantitative estimate of drug-likeness (QED) is 0.846. The molecule has 1 atom stereocenters. The minimum Gasteiger partial charge on any atom is -0.464 e. The van der Waals surface area contributed by atoms with Gasteiger partial charge in [-0.05, 0) is 43.7 Å². The molecule has 7 heteroatoms. The van der Waals surface area contributed by atoms with Gasteiger partial charge in [-0.1, -0.05) is 0 Å². The van der Waals surface area contributed by atoms with Gasteiger partial charge in [0.15, 0.2) is 5.69 Å². The van der Waals surface area contributed by atoms with Gasteiger partial charge in [0.05, 0.1) is 19.5 Å². The zero-order valence-corrected chi connectivity index (χ0v) is 14.9. The molecule has 0 radical (unpaired) electrons. The fourth-order valence-electron chi connectivity index (χ4n) is 3.73. The summed E-state index contributed by atoms with van der Waals surface area (Å²) in [5, 5.41) is 3.20. The Balaban J connectivity index is 1.39. The average molecular weight is 353 g/mol. The molecular formula is C19H23N5O2. The highest BCUT2D eigenvalue weighted by Gasteiger charge is 2.30. The summed E-state index contributed by atoms with van der Waals surface area (Å²) in [6.45, 7) is 4.63. The summed E-state index contributed by atoms with van der Waals surface area (Å²) in [7, 11) is 1.32.